The number of aromatic nitrogens is 1. The van der Waals surface area contributed by atoms with Gasteiger partial charge in [-0.15, -0.1) is 0 Å². The van der Waals surface area contributed by atoms with Gasteiger partial charge in [0.15, 0.2) is 0 Å². The summed E-state index contributed by atoms with van der Waals surface area (Å²) >= 11 is 0. The highest BCUT2D eigenvalue weighted by atomic mass is 19.4. The number of piperidine rings is 1. The summed E-state index contributed by atoms with van der Waals surface area (Å²) in [5, 5.41) is 9.05. The Kier molecular flexibility index (Phi) is 5.07. The maximum absolute atomic E-state index is 12.6. The summed E-state index contributed by atoms with van der Waals surface area (Å²) in [6.45, 7) is 0.828. The first-order valence-electron chi connectivity index (χ1n) is 8.51. The Bertz CT molecular complexity index is 743. The molecule has 1 N–H and O–H groups in total. The molecular weight excluding hydrogens is 367 g/mol. The molecule has 27 heavy (non-hydrogen) atoms. The van der Waals surface area contributed by atoms with E-state index >= 15 is 0 Å². The van der Waals surface area contributed by atoms with Crippen molar-refractivity contribution in [2.75, 3.05) is 19.6 Å². The third kappa shape index (κ3) is 4.04. The Hall–Kier alpha value is -2.65. The molecule has 2 aliphatic rings. The van der Waals surface area contributed by atoms with Gasteiger partial charge in [-0.1, -0.05) is 0 Å². The molecule has 2 saturated heterocycles. The standard InChI is InChI=1S/C17H18F3N3O4/c18-17(19,20)11-1-2-13(21-8-11)15(25)22-5-3-12(4-6-22)23-9-10(16(26)27)7-14(23)24/h1-2,8,10,12H,3-7,9H2,(H,26,27). The van der Waals surface area contributed by atoms with Gasteiger partial charge in [-0.05, 0) is 25.0 Å². The molecule has 0 radical (unpaired) electrons. The lowest BCUT2D eigenvalue weighted by molar-refractivity contribution is -0.141. The Balaban J connectivity index is 1.58. The van der Waals surface area contributed by atoms with E-state index in [4.69, 9.17) is 5.11 Å². The van der Waals surface area contributed by atoms with Crippen molar-refractivity contribution in [1.29, 1.82) is 0 Å². The average Bonchev–Trinajstić information content (AvgIpc) is 3.03. The number of hydrogen-bond acceptors (Lipinski definition) is 4. The number of carboxylic acids is 1. The zero-order valence-electron chi connectivity index (χ0n) is 14.3. The summed E-state index contributed by atoms with van der Waals surface area (Å²) in [5.41, 5.74) is -0.983. The van der Waals surface area contributed by atoms with Gasteiger partial charge in [0.05, 0.1) is 11.5 Å². The zero-order chi connectivity index (χ0) is 19.8. The van der Waals surface area contributed by atoms with Gasteiger partial charge in [-0.3, -0.25) is 19.4 Å². The summed E-state index contributed by atoms with van der Waals surface area (Å²) in [7, 11) is 0. The predicted molar refractivity (Wildman–Crippen MR) is 85.6 cm³/mol. The summed E-state index contributed by atoms with van der Waals surface area (Å²) in [6, 6.07) is 1.74. The minimum atomic E-state index is -4.51. The second-order valence-corrected chi connectivity index (χ2v) is 6.74. The number of nitrogens with zero attached hydrogens (tertiary/aromatic N) is 3. The number of amides is 2. The summed E-state index contributed by atoms with van der Waals surface area (Å²) in [5.74, 6) is -2.35. The molecule has 1 aromatic heterocycles. The van der Waals surface area contributed by atoms with Crippen molar-refractivity contribution in [1.82, 2.24) is 14.8 Å². The van der Waals surface area contributed by atoms with Crippen LogP contribution in [0.25, 0.3) is 0 Å². The minimum Gasteiger partial charge on any atom is -0.481 e. The lowest BCUT2D eigenvalue weighted by atomic mass is 10.0. The van der Waals surface area contributed by atoms with Crippen molar-refractivity contribution < 1.29 is 32.7 Å². The number of alkyl halides is 3. The minimum absolute atomic E-state index is 0.00997. The highest BCUT2D eigenvalue weighted by molar-refractivity contribution is 5.92. The second-order valence-electron chi connectivity index (χ2n) is 6.74. The number of aliphatic carboxylic acids is 1. The van der Waals surface area contributed by atoms with Gasteiger partial charge in [0, 0.05) is 38.3 Å². The lowest BCUT2D eigenvalue weighted by Crippen LogP contribution is -2.47. The number of hydrogen-bond donors (Lipinski definition) is 1. The third-order valence-corrected chi connectivity index (χ3v) is 5.01. The molecule has 0 aromatic carbocycles. The van der Waals surface area contributed by atoms with Gasteiger partial charge in [-0.25, -0.2) is 0 Å². The number of rotatable bonds is 3. The first-order valence-corrected chi connectivity index (χ1v) is 8.51. The van der Waals surface area contributed by atoms with Crippen LogP contribution in [0.5, 0.6) is 0 Å². The molecule has 2 amide bonds. The van der Waals surface area contributed by atoms with Crippen molar-refractivity contribution in [3.8, 4) is 0 Å². The van der Waals surface area contributed by atoms with Gasteiger partial charge in [0.2, 0.25) is 5.91 Å². The Morgan fingerprint density at radius 3 is 2.33 bits per heavy atom. The molecule has 0 saturated carbocycles. The van der Waals surface area contributed by atoms with Crippen LogP contribution in [0.3, 0.4) is 0 Å². The summed E-state index contributed by atoms with van der Waals surface area (Å²) in [6.07, 6.45) is -2.91. The van der Waals surface area contributed by atoms with E-state index in [1.807, 2.05) is 0 Å². The van der Waals surface area contributed by atoms with Crippen LogP contribution in [0.1, 0.15) is 35.3 Å². The van der Waals surface area contributed by atoms with Crippen LogP contribution in [0.2, 0.25) is 0 Å². The Morgan fingerprint density at radius 1 is 1.19 bits per heavy atom. The van der Waals surface area contributed by atoms with Crippen molar-refractivity contribution >= 4 is 17.8 Å². The van der Waals surface area contributed by atoms with E-state index in [2.05, 4.69) is 4.98 Å². The number of halogens is 3. The summed E-state index contributed by atoms with van der Waals surface area (Å²) in [4.78, 5) is 42.2. The van der Waals surface area contributed by atoms with Crippen LogP contribution < -0.4 is 0 Å². The fourth-order valence-electron chi connectivity index (χ4n) is 3.48. The topological polar surface area (TPSA) is 90.8 Å². The van der Waals surface area contributed by atoms with Crippen molar-refractivity contribution in [2.24, 2.45) is 5.92 Å². The number of carbonyl (C=O) groups excluding carboxylic acids is 2. The smallest absolute Gasteiger partial charge is 0.417 e. The van der Waals surface area contributed by atoms with Gasteiger partial charge >= 0.3 is 12.1 Å². The van der Waals surface area contributed by atoms with Crippen molar-refractivity contribution in [2.45, 2.75) is 31.5 Å². The molecule has 0 aliphatic carbocycles. The molecule has 3 heterocycles. The molecule has 0 bridgehead atoms. The van der Waals surface area contributed by atoms with Crippen LogP contribution in [0.4, 0.5) is 13.2 Å². The van der Waals surface area contributed by atoms with E-state index in [9.17, 15) is 27.6 Å². The van der Waals surface area contributed by atoms with E-state index in [1.165, 1.54) is 4.90 Å². The summed E-state index contributed by atoms with van der Waals surface area (Å²) < 4.78 is 37.7. The molecule has 7 nitrogen and oxygen atoms in total. The third-order valence-electron chi connectivity index (χ3n) is 5.01. The number of carbonyl (C=O) groups is 3. The molecule has 1 unspecified atom stereocenters. The fourth-order valence-corrected chi connectivity index (χ4v) is 3.48. The molecule has 2 fully saturated rings. The molecule has 146 valence electrons. The molecule has 10 heteroatoms. The van der Waals surface area contributed by atoms with Crippen LogP contribution in [-0.4, -0.2) is 63.4 Å². The largest absolute Gasteiger partial charge is 0.481 e. The highest BCUT2D eigenvalue weighted by Crippen LogP contribution is 2.29. The number of likely N-dealkylation sites (tertiary alicyclic amines) is 2. The van der Waals surface area contributed by atoms with Crippen LogP contribution in [-0.2, 0) is 15.8 Å². The molecule has 1 atom stereocenters. The van der Waals surface area contributed by atoms with E-state index in [0.29, 0.717) is 32.1 Å². The fraction of sp³-hybridized carbons (Fsp3) is 0.529. The molecule has 2 aliphatic heterocycles. The van der Waals surface area contributed by atoms with Gasteiger partial charge in [-0.2, -0.15) is 13.2 Å². The van der Waals surface area contributed by atoms with Crippen LogP contribution in [0, 0.1) is 5.92 Å². The van der Waals surface area contributed by atoms with Crippen molar-refractivity contribution in [3.63, 3.8) is 0 Å². The van der Waals surface area contributed by atoms with Crippen molar-refractivity contribution in [3.05, 3.63) is 29.6 Å². The first kappa shape index (κ1) is 19.1. The maximum Gasteiger partial charge on any atom is 0.417 e. The second kappa shape index (κ2) is 7.16. The Morgan fingerprint density at radius 2 is 1.85 bits per heavy atom. The molecule has 0 spiro atoms. The number of carboxylic acid groups (broad SMARTS) is 1. The van der Waals surface area contributed by atoms with Gasteiger partial charge in [0.25, 0.3) is 5.91 Å². The first-order chi connectivity index (χ1) is 12.7. The SMILES string of the molecule is O=C(O)C1CC(=O)N(C2CCN(C(=O)c3ccc(C(F)(F)F)cn3)CC2)C1. The van der Waals surface area contributed by atoms with Crippen LogP contribution in [0.15, 0.2) is 18.3 Å². The highest BCUT2D eigenvalue weighted by Gasteiger charge is 2.39. The quantitative estimate of drug-likeness (QED) is 0.854. The molecule has 1 aromatic rings. The normalized spacial score (nSPS) is 21.6. The van der Waals surface area contributed by atoms with Crippen LogP contribution >= 0.6 is 0 Å². The van der Waals surface area contributed by atoms with E-state index in [0.717, 1.165) is 12.1 Å². The zero-order valence-corrected chi connectivity index (χ0v) is 14.3. The van der Waals surface area contributed by atoms with Gasteiger partial charge < -0.3 is 14.9 Å². The Labute approximate surface area is 152 Å². The molecular formula is C17H18F3N3O4. The average molecular weight is 385 g/mol. The maximum atomic E-state index is 12.6. The van der Waals surface area contributed by atoms with E-state index < -0.39 is 29.5 Å². The number of pyridine rings is 1. The molecule has 3 rings (SSSR count). The van der Waals surface area contributed by atoms with E-state index in [1.54, 1.807) is 4.90 Å². The van der Waals surface area contributed by atoms with E-state index in [-0.39, 0.29) is 30.6 Å². The predicted octanol–water partition coefficient (Wildman–Crippen LogP) is 1.64. The van der Waals surface area contributed by atoms with Gasteiger partial charge in [0.1, 0.15) is 5.69 Å². The lowest BCUT2D eigenvalue weighted by Gasteiger charge is -2.36. The monoisotopic (exact) mass is 385 g/mol.